The maximum atomic E-state index is 11.7. The first-order valence-electron chi connectivity index (χ1n) is 6.84. The number of amides is 4. The Bertz CT molecular complexity index is 457. The highest BCUT2D eigenvalue weighted by Gasteiger charge is 2.33. The second-order valence-corrected chi connectivity index (χ2v) is 5.62. The van der Waals surface area contributed by atoms with Crippen molar-refractivity contribution in [2.24, 2.45) is 0 Å². The summed E-state index contributed by atoms with van der Waals surface area (Å²) in [6, 6.07) is -0.0874. The zero-order valence-corrected chi connectivity index (χ0v) is 12.5. The Morgan fingerprint density at radius 1 is 0.810 bits per heavy atom. The van der Waals surface area contributed by atoms with Crippen molar-refractivity contribution in [1.82, 2.24) is 19.6 Å². The van der Waals surface area contributed by atoms with Gasteiger partial charge >= 0.3 is 0 Å². The molecule has 2 saturated heterocycles. The Kier molecular flexibility index (Phi) is 4.38. The van der Waals surface area contributed by atoms with E-state index in [0.717, 1.165) is 9.80 Å². The van der Waals surface area contributed by atoms with Crippen LogP contribution in [0, 0.1) is 0 Å². The third-order valence-corrected chi connectivity index (χ3v) is 4.04. The van der Waals surface area contributed by atoms with Crippen molar-refractivity contribution >= 4 is 23.6 Å². The third kappa shape index (κ3) is 3.27. The standard InChI is InChI=1S/C13H20N4O4/c1-9(17-7-12(20)15(3)13(21)8-17)4-16-5-10(18)14(2)11(19)6-16/h9H,4-8H2,1-3H3. The van der Waals surface area contributed by atoms with Crippen LogP contribution in [-0.2, 0) is 19.2 Å². The lowest BCUT2D eigenvalue weighted by atomic mass is 10.2. The first-order chi connectivity index (χ1) is 9.79. The van der Waals surface area contributed by atoms with Gasteiger partial charge in [-0.15, -0.1) is 0 Å². The van der Waals surface area contributed by atoms with E-state index in [1.807, 2.05) is 6.92 Å². The summed E-state index contributed by atoms with van der Waals surface area (Å²) in [5.74, 6) is -0.930. The molecule has 0 aromatic carbocycles. The molecule has 8 heteroatoms. The van der Waals surface area contributed by atoms with E-state index in [2.05, 4.69) is 0 Å². The fourth-order valence-corrected chi connectivity index (χ4v) is 2.47. The third-order valence-electron chi connectivity index (χ3n) is 4.04. The van der Waals surface area contributed by atoms with Crippen molar-refractivity contribution in [3.8, 4) is 0 Å². The van der Waals surface area contributed by atoms with E-state index >= 15 is 0 Å². The van der Waals surface area contributed by atoms with Gasteiger partial charge in [-0.1, -0.05) is 0 Å². The molecule has 0 radical (unpaired) electrons. The molecule has 0 spiro atoms. The van der Waals surface area contributed by atoms with Crippen molar-refractivity contribution < 1.29 is 19.2 Å². The van der Waals surface area contributed by atoms with Gasteiger partial charge in [-0.25, -0.2) is 0 Å². The lowest BCUT2D eigenvalue weighted by Gasteiger charge is -2.38. The van der Waals surface area contributed by atoms with Gasteiger partial charge < -0.3 is 0 Å². The molecule has 2 fully saturated rings. The van der Waals surface area contributed by atoms with Gasteiger partial charge in [0.15, 0.2) is 0 Å². The number of carbonyl (C=O) groups excluding carboxylic acids is 4. The molecule has 21 heavy (non-hydrogen) atoms. The van der Waals surface area contributed by atoms with Crippen molar-refractivity contribution in [1.29, 1.82) is 0 Å². The highest BCUT2D eigenvalue weighted by molar-refractivity contribution is 5.99. The van der Waals surface area contributed by atoms with Crippen LogP contribution in [0.15, 0.2) is 0 Å². The van der Waals surface area contributed by atoms with Crippen LogP contribution in [0.2, 0.25) is 0 Å². The summed E-state index contributed by atoms with van der Waals surface area (Å²) in [6.45, 7) is 3.08. The summed E-state index contributed by atoms with van der Waals surface area (Å²) >= 11 is 0. The zero-order chi connectivity index (χ0) is 15.7. The molecule has 0 aromatic rings. The minimum atomic E-state index is -0.233. The van der Waals surface area contributed by atoms with Crippen molar-refractivity contribution in [3.63, 3.8) is 0 Å². The van der Waals surface area contributed by atoms with Gasteiger partial charge in [0, 0.05) is 26.7 Å². The SMILES string of the molecule is CC(CN1CC(=O)N(C)C(=O)C1)N1CC(=O)N(C)C(=O)C1. The van der Waals surface area contributed by atoms with E-state index in [-0.39, 0.29) is 55.8 Å². The monoisotopic (exact) mass is 296 g/mol. The molecular formula is C13H20N4O4. The summed E-state index contributed by atoms with van der Waals surface area (Å²) in [6.07, 6.45) is 0. The van der Waals surface area contributed by atoms with Gasteiger partial charge in [0.05, 0.1) is 26.2 Å². The van der Waals surface area contributed by atoms with E-state index in [4.69, 9.17) is 0 Å². The lowest BCUT2D eigenvalue weighted by Crippen LogP contribution is -2.59. The van der Waals surface area contributed by atoms with Crippen LogP contribution in [0.25, 0.3) is 0 Å². The Morgan fingerprint density at radius 3 is 1.62 bits per heavy atom. The molecule has 0 N–H and O–H groups in total. The first-order valence-corrected chi connectivity index (χ1v) is 6.84. The fourth-order valence-electron chi connectivity index (χ4n) is 2.47. The van der Waals surface area contributed by atoms with Crippen LogP contribution in [-0.4, -0.2) is 96.1 Å². The maximum Gasteiger partial charge on any atom is 0.243 e. The predicted octanol–water partition coefficient (Wildman–Crippen LogP) is -2.02. The molecule has 116 valence electrons. The topological polar surface area (TPSA) is 81.2 Å². The molecule has 4 amide bonds. The Morgan fingerprint density at radius 2 is 1.19 bits per heavy atom. The number of rotatable bonds is 3. The molecule has 0 aromatic heterocycles. The zero-order valence-electron chi connectivity index (χ0n) is 12.5. The minimum Gasteiger partial charge on any atom is -0.284 e. The Labute approximate surface area is 123 Å². The summed E-state index contributed by atoms with van der Waals surface area (Å²) in [7, 11) is 2.95. The number of nitrogens with zero attached hydrogens (tertiary/aromatic N) is 4. The first kappa shape index (κ1) is 15.6. The molecule has 0 bridgehead atoms. The van der Waals surface area contributed by atoms with Crippen LogP contribution in [0.3, 0.4) is 0 Å². The van der Waals surface area contributed by atoms with E-state index < -0.39 is 0 Å². The average molecular weight is 296 g/mol. The Hall–Kier alpha value is -1.80. The maximum absolute atomic E-state index is 11.7. The molecule has 1 atom stereocenters. The van der Waals surface area contributed by atoms with Crippen LogP contribution >= 0.6 is 0 Å². The van der Waals surface area contributed by atoms with Gasteiger partial charge in [0.2, 0.25) is 23.6 Å². The van der Waals surface area contributed by atoms with E-state index in [1.165, 1.54) is 14.1 Å². The molecule has 2 aliphatic rings. The second kappa shape index (κ2) is 5.90. The van der Waals surface area contributed by atoms with Gasteiger partial charge in [0.1, 0.15) is 0 Å². The smallest absolute Gasteiger partial charge is 0.243 e. The molecule has 8 nitrogen and oxygen atoms in total. The van der Waals surface area contributed by atoms with E-state index in [9.17, 15) is 19.2 Å². The van der Waals surface area contributed by atoms with Crippen LogP contribution in [0.1, 0.15) is 6.92 Å². The predicted molar refractivity (Wildman–Crippen MR) is 73.0 cm³/mol. The summed E-state index contributed by atoms with van der Waals surface area (Å²) in [5.41, 5.74) is 0. The largest absolute Gasteiger partial charge is 0.284 e. The number of piperazine rings is 2. The van der Waals surface area contributed by atoms with Crippen LogP contribution < -0.4 is 0 Å². The number of imide groups is 2. The van der Waals surface area contributed by atoms with E-state index in [1.54, 1.807) is 9.80 Å². The molecule has 1 unspecified atom stereocenters. The number of hydrogen-bond acceptors (Lipinski definition) is 6. The minimum absolute atomic E-state index is 0.0874. The summed E-state index contributed by atoms with van der Waals surface area (Å²) < 4.78 is 0. The van der Waals surface area contributed by atoms with Gasteiger partial charge in [0.25, 0.3) is 0 Å². The second-order valence-electron chi connectivity index (χ2n) is 5.62. The molecule has 2 rings (SSSR count). The van der Waals surface area contributed by atoms with Gasteiger partial charge in [-0.05, 0) is 6.92 Å². The van der Waals surface area contributed by atoms with Crippen LogP contribution in [0.5, 0.6) is 0 Å². The highest BCUT2D eigenvalue weighted by atomic mass is 16.2. The molecule has 0 aliphatic carbocycles. The van der Waals surface area contributed by atoms with E-state index in [0.29, 0.717) is 6.54 Å². The van der Waals surface area contributed by atoms with Crippen LogP contribution in [0.4, 0.5) is 0 Å². The van der Waals surface area contributed by atoms with Crippen molar-refractivity contribution in [3.05, 3.63) is 0 Å². The quantitative estimate of drug-likeness (QED) is 0.559. The Balaban J connectivity index is 1.94. The molecule has 0 saturated carbocycles. The average Bonchev–Trinajstić information content (AvgIpc) is 2.41. The number of carbonyl (C=O) groups is 4. The molecule has 2 heterocycles. The van der Waals surface area contributed by atoms with Crippen molar-refractivity contribution in [2.45, 2.75) is 13.0 Å². The van der Waals surface area contributed by atoms with Crippen molar-refractivity contribution in [2.75, 3.05) is 46.8 Å². The number of hydrogen-bond donors (Lipinski definition) is 0. The summed E-state index contributed by atoms with van der Waals surface area (Å²) in [4.78, 5) is 52.5. The van der Waals surface area contributed by atoms with Gasteiger partial charge in [-0.2, -0.15) is 0 Å². The molecule has 2 aliphatic heterocycles. The lowest BCUT2D eigenvalue weighted by molar-refractivity contribution is -0.153. The summed E-state index contributed by atoms with van der Waals surface area (Å²) in [5, 5.41) is 0. The fraction of sp³-hybridized carbons (Fsp3) is 0.692. The molecular weight excluding hydrogens is 276 g/mol. The highest BCUT2D eigenvalue weighted by Crippen LogP contribution is 2.10. The van der Waals surface area contributed by atoms with Gasteiger partial charge in [-0.3, -0.25) is 38.8 Å². The number of likely N-dealkylation sites (N-methyl/N-ethyl adjacent to an activating group) is 2. The normalized spacial score (nSPS) is 24.0.